The topological polar surface area (TPSA) is 17.8 Å². The van der Waals surface area contributed by atoms with Gasteiger partial charge in [0.15, 0.2) is 0 Å². The minimum Gasteiger partial charge on any atom is -0.296 e. The number of para-hydroxylation sites is 2. The predicted molar refractivity (Wildman–Crippen MR) is 80.2 cm³/mol. The normalized spacial score (nSPS) is 11.1. The van der Waals surface area contributed by atoms with Crippen molar-refractivity contribution in [3.63, 3.8) is 0 Å². The summed E-state index contributed by atoms with van der Waals surface area (Å²) in [6.45, 7) is 2.09. The Balaban J connectivity index is 2.32. The van der Waals surface area contributed by atoms with Crippen LogP contribution in [0.3, 0.4) is 0 Å². The first-order valence-electron chi connectivity index (χ1n) is 6.39. The third kappa shape index (κ3) is 2.13. The summed E-state index contributed by atoms with van der Waals surface area (Å²) in [5.41, 5.74) is 4.54. The molecule has 0 aliphatic carbocycles. The second-order valence-electron chi connectivity index (χ2n) is 4.58. The van der Waals surface area contributed by atoms with E-state index in [1.807, 2.05) is 18.2 Å². The number of hydrogen-bond donors (Lipinski definition) is 0. The van der Waals surface area contributed by atoms with E-state index in [-0.39, 0.29) is 0 Å². The molecule has 19 heavy (non-hydrogen) atoms. The summed E-state index contributed by atoms with van der Waals surface area (Å²) >= 11 is 5.91. The van der Waals surface area contributed by atoms with E-state index in [1.54, 1.807) is 0 Å². The lowest BCUT2D eigenvalue weighted by Gasteiger charge is -2.08. The SMILES string of the molecule is Cc1cccc2c1nc(CCCl)n2-c1ccccc1. The maximum atomic E-state index is 5.91. The van der Waals surface area contributed by atoms with Crippen molar-refractivity contribution in [1.82, 2.24) is 9.55 Å². The van der Waals surface area contributed by atoms with Crippen LogP contribution >= 0.6 is 11.6 Å². The van der Waals surface area contributed by atoms with E-state index in [0.717, 1.165) is 29.0 Å². The van der Waals surface area contributed by atoms with Gasteiger partial charge in [-0.3, -0.25) is 4.57 Å². The van der Waals surface area contributed by atoms with Gasteiger partial charge in [0, 0.05) is 18.0 Å². The summed E-state index contributed by atoms with van der Waals surface area (Å²) < 4.78 is 2.20. The molecule has 2 aromatic carbocycles. The van der Waals surface area contributed by atoms with Crippen molar-refractivity contribution < 1.29 is 0 Å². The van der Waals surface area contributed by atoms with Crippen LogP contribution in [-0.4, -0.2) is 15.4 Å². The van der Waals surface area contributed by atoms with E-state index in [2.05, 4.69) is 41.8 Å². The molecule has 2 nitrogen and oxygen atoms in total. The summed E-state index contributed by atoms with van der Waals surface area (Å²) in [5, 5.41) is 0. The molecular formula is C16H15ClN2. The largest absolute Gasteiger partial charge is 0.296 e. The number of fused-ring (bicyclic) bond motifs is 1. The third-order valence-electron chi connectivity index (χ3n) is 3.29. The molecule has 0 aliphatic heterocycles. The Bertz CT molecular complexity index is 701. The first kappa shape index (κ1) is 12.2. The first-order valence-corrected chi connectivity index (χ1v) is 6.93. The molecule has 0 amide bonds. The zero-order valence-corrected chi connectivity index (χ0v) is 11.6. The molecule has 0 bridgehead atoms. The quantitative estimate of drug-likeness (QED) is 0.655. The Morgan fingerprint density at radius 3 is 2.58 bits per heavy atom. The van der Waals surface area contributed by atoms with Gasteiger partial charge in [-0.25, -0.2) is 4.98 Å². The lowest BCUT2D eigenvalue weighted by Crippen LogP contribution is -2.01. The van der Waals surface area contributed by atoms with Crippen LogP contribution in [0.25, 0.3) is 16.7 Å². The smallest absolute Gasteiger partial charge is 0.115 e. The number of aromatic nitrogens is 2. The summed E-state index contributed by atoms with van der Waals surface area (Å²) in [5.74, 6) is 1.60. The van der Waals surface area contributed by atoms with Gasteiger partial charge >= 0.3 is 0 Å². The number of halogens is 1. The van der Waals surface area contributed by atoms with Gasteiger partial charge in [0.1, 0.15) is 5.82 Å². The Morgan fingerprint density at radius 1 is 1.05 bits per heavy atom. The molecule has 3 heteroatoms. The number of hydrogen-bond acceptors (Lipinski definition) is 1. The van der Waals surface area contributed by atoms with Crippen LogP contribution < -0.4 is 0 Å². The lowest BCUT2D eigenvalue weighted by atomic mass is 10.2. The minimum absolute atomic E-state index is 0.579. The highest BCUT2D eigenvalue weighted by molar-refractivity contribution is 6.17. The molecule has 3 aromatic rings. The van der Waals surface area contributed by atoms with Gasteiger partial charge in [-0.15, -0.1) is 11.6 Å². The number of benzene rings is 2. The number of imidazole rings is 1. The van der Waals surface area contributed by atoms with Crippen LogP contribution in [0, 0.1) is 6.92 Å². The highest BCUT2D eigenvalue weighted by Gasteiger charge is 2.12. The van der Waals surface area contributed by atoms with Crippen LogP contribution in [0.2, 0.25) is 0 Å². The summed E-state index contributed by atoms with van der Waals surface area (Å²) in [6, 6.07) is 16.6. The fourth-order valence-electron chi connectivity index (χ4n) is 2.40. The zero-order valence-electron chi connectivity index (χ0n) is 10.8. The van der Waals surface area contributed by atoms with Crippen molar-refractivity contribution in [2.45, 2.75) is 13.3 Å². The average Bonchev–Trinajstić information content (AvgIpc) is 2.80. The van der Waals surface area contributed by atoms with Crippen LogP contribution in [0.4, 0.5) is 0 Å². The standard InChI is InChI=1S/C16H15ClN2/c1-12-6-5-9-14-16(12)18-15(10-11-17)19(14)13-7-3-2-4-8-13/h2-9H,10-11H2,1H3. The van der Waals surface area contributed by atoms with Crippen molar-refractivity contribution >= 4 is 22.6 Å². The number of nitrogens with zero attached hydrogens (tertiary/aromatic N) is 2. The molecule has 0 N–H and O–H groups in total. The molecule has 1 aromatic heterocycles. The molecule has 0 spiro atoms. The maximum Gasteiger partial charge on any atom is 0.115 e. The first-order chi connectivity index (χ1) is 9.31. The van der Waals surface area contributed by atoms with Gasteiger partial charge < -0.3 is 0 Å². The van der Waals surface area contributed by atoms with Gasteiger partial charge in [-0.05, 0) is 30.7 Å². The molecule has 0 fully saturated rings. The molecule has 3 rings (SSSR count). The second kappa shape index (κ2) is 5.06. The van der Waals surface area contributed by atoms with Crippen molar-refractivity contribution in [3.8, 4) is 5.69 Å². The van der Waals surface area contributed by atoms with E-state index >= 15 is 0 Å². The third-order valence-corrected chi connectivity index (χ3v) is 3.48. The van der Waals surface area contributed by atoms with E-state index < -0.39 is 0 Å². The molecule has 0 aliphatic rings. The summed E-state index contributed by atoms with van der Waals surface area (Å²) in [4.78, 5) is 4.76. The van der Waals surface area contributed by atoms with Crippen molar-refractivity contribution in [2.24, 2.45) is 0 Å². The fourth-order valence-corrected chi connectivity index (χ4v) is 2.57. The molecule has 96 valence electrons. The molecule has 0 saturated heterocycles. The molecule has 0 saturated carbocycles. The highest BCUT2D eigenvalue weighted by Crippen LogP contribution is 2.24. The van der Waals surface area contributed by atoms with Crippen LogP contribution in [-0.2, 0) is 6.42 Å². The Labute approximate surface area is 117 Å². The van der Waals surface area contributed by atoms with E-state index in [0.29, 0.717) is 5.88 Å². The van der Waals surface area contributed by atoms with Crippen molar-refractivity contribution in [3.05, 3.63) is 59.9 Å². The molecular weight excluding hydrogens is 256 g/mol. The molecule has 0 atom stereocenters. The van der Waals surface area contributed by atoms with Crippen LogP contribution in [0.1, 0.15) is 11.4 Å². The summed E-state index contributed by atoms with van der Waals surface area (Å²) in [7, 11) is 0. The van der Waals surface area contributed by atoms with Crippen molar-refractivity contribution in [1.29, 1.82) is 0 Å². The van der Waals surface area contributed by atoms with Gasteiger partial charge in [0.2, 0.25) is 0 Å². The lowest BCUT2D eigenvalue weighted by molar-refractivity contribution is 0.912. The molecule has 0 radical (unpaired) electrons. The average molecular weight is 271 g/mol. The maximum absolute atomic E-state index is 5.91. The predicted octanol–water partition coefficient (Wildman–Crippen LogP) is 4.12. The van der Waals surface area contributed by atoms with Crippen LogP contribution in [0.5, 0.6) is 0 Å². The summed E-state index contributed by atoms with van der Waals surface area (Å²) in [6.07, 6.45) is 0.768. The monoisotopic (exact) mass is 270 g/mol. The van der Waals surface area contributed by atoms with Crippen molar-refractivity contribution in [2.75, 3.05) is 5.88 Å². The minimum atomic E-state index is 0.579. The highest BCUT2D eigenvalue weighted by atomic mass is 35.5. The number of aryl methyl sites for hydroxylation is 2. The van der Waals surface area contributed by atoms with Crippen LogP contribution in [0.15, 0.2) is 48.5 Å². The van der Waals surface area contributed by atoms with E-state index in [4.69, 9.17) is 16.6 Å². The number of alkyl halides is 1. The Morgan fingerprint density at radius 2 is 1.84 bits per heavy atom. The van der Waals surface area contributed by atoms with Gasteiger partial charge in [0.05, 0.1) is 11.0 Å². The fraction of sp³-hybridized carbons (Fsp3) is 0.188. The van der Waals surface area contributed by atoms with Gasteiger partial charge in [-0.1, -0.05) is 30.3 Å². The Hall–Kier alpha value is -1.80. The molecule has 0 unspecified atom stereocenters. The van der Waals surface area contributed by atoms with Gasteiger partial charge in [0.25, 0.3) is 0 Å². The number of rotatable bonds is 3. The zero-order chi connectivity index (χ0) is 13.2. The second-order valence-corrected chi connectivity index (χ2v) is 4.96. The molecule has 1 heterocycles. The van der Waals surface area contributed by atoms with E-state index in [9.17, 15) is 0 Å². The van der Waals surface area contributed by atoms with E-state index in [1.165, 1.54) is 5.56 Å². The van der Waals surface area contributed by atoms with Gasteiger partial charge in [-0.2, -0.15) is 0 Å². The Kier molecular flexibility index (Phi) is 3.26.